The van der Waals surface area contributed by atoms with E-state index in [1.54, 1.807) is 6.07 Å². The van der Waals surface area contributed by atoms with Crippen LogP contribution < -0.4 is 5.32 Å². The minimum absolute atomic E-state index is 0.203. The molecule has 1 aliphatic rings. The third-order valence-electron chi connectivity index (χ3n) is 4.71. The Morgan fingerprint density at radius 2 is 2.11 bits per heavy atom. The average Bonchev–Trinajstić information content (AvgIpc) is 3.09. The molecule has 0 radical (unpaired) electrons. The van der Waals surface area contributed by atoms with Crippen molar-refractivity contribution in [3.8, 4) is 0 Å². The lowest BCUT2D eigenvalue weighted by atomic mass is 10.1. The van der Waals surface area contributed by atoms with Gasteiger partial charge in [-0.15, -0.1) is 10.2 Å². The number of imidazole rings is 1. The van der Waals surface area contributed by atoms with Crippen molar-refractivity contribution in [3.05, 3.63) is 28.2 Å². The zero-order chi connectivity index (χ0) is 19.0. The first-order valence-corrected chi connectivity index (χ1v) is 10.3. The Labute approximate surface area is 162 Å². The van der Waals surface area contributed by atoms with Gasteiger partial charge >= 0.3 is 0 Å². The van der Waals surface area contributed by atoms with Crippen molar-refractivity contribution in [2.24, 2.45) is 5.92 Å². The standard InChI is InChI=1S/C19H24N6OS/c1-11(2)9-15-23-24-19(27-15)22-18(26)13-10-12(3)20-17-16(13)21-14-7-5-4-6-8-25(14)17/h10-11H,4-9H2,1-3H3,(H,22,24,26). The first-order chi connectivity index (χ1) is 13.0. The van der Waals surface area contributed by atoms with Crippen molar-refractivity contribution in [1.29, 1.82) is 0 Å². The van der Waals surface area contributed by atoms with Gasteiger partial charge in [-0.1, -0.05) is 31.6 Å². The van der Waals surface area contributed by atoms with Crippen molar-refractivity contribution >= 4 is 33.5 Å². The van der Waals surface area contributed by atoms with Gasteiger partial charge in [0.2, 0.25) is 5.13 Å². The molecule has 0 aromatic carbocycles. The molecular formula is C19H24N6OS. The molecule has 0 spiro atoms. The van der Waals surface area contributed by atoms with Crippen LogP contribution in [0.15, 0.2) is 6.07 Å². The van der Waals surface area contributed by atoms with E-state index in [9.17, 15) is 4.79 Å². The van der Waals surface area contributed by atoms with Gasteiger partial charge in [0.1, 0.15) is 16.3 Å². The Morgan fingerprint density at radius 3 is 2.93 bits per heavy atom. The average molecular weight is 385 g/mol. The van der Waals surface area contributed by atoms with E-state index >= 15 is 0 Å². The molecule has 142 valence electrons. The normalized spacial score (nSPS) is 14.4. The second-order valence-corrected chi connectivity index (χ2v) is 8.59. The number of rotatable bonds is 4. The summed E-state index contributed by atoms with van der Waals surface area (Å²) in [5.74, 6) is 1.33. The van der Waals surface area contributed by atoms with Gasteiger partial charge in [0.05, 0.1) is 5.56 Å². The highest BCUT2D eigenvalue weighted by atomic mass is 32.1. The zero-order valence-corrected chi connectivity index (χ0v) is 16.8. The Balaban J connectivity index is 1.66. The van der Waals surface area contributed by atoms with Gasteiger partial charge in [0.15, 0.2) is 5.65 Å². The molecule has 0 fully saturated rings. The third-order valence-corrected chi connectivity index (χ3v) is 5.57. The van der Waals surface area contributed by atoms with Crippen molar-refractivity contribution in [1.82, 2.24) is 24.7 Å². The molecule has 1 aliphatic heterocycles. The molecule has 0 saturated heterocycles. The quantitative estimate of drug-likeness (QED) is 0.740. The van der Waals surface area contributed by atoms with Gasteiger partial charge < -0.3 is 4.57 Å². The number of amides is 1. The highest BCUT2D eigenvalue weighted by molar-refractivity contribution is 7.15. The zero-order valence-electron chi connectivity index (χ0n) is 15.9. The van der Waals surface area contributed by atoms with Gasteiger partial charge in [-0.25, -0.2) is 9.97 Å². The number of hydrogen-bond acceptors (Lipinski definition) is 6. The van der Waals surface area contributed by atoms with Crippen LogP contribution in [0.5, 0.6) is 0 Å². The molecule has 0 unspecified atom stereocenters. The molecule has 1 N–H and O–H groups in total. The third kappa shape index (κ3) is 3.71. The molecule has 8 heteroatoms. The number of hydrogen-bond donors (Lipinski definition) is 1. The number of fused-ring (bicyclic) bond motifs is 3. The van der Waals surface area contributed by atoms with Crippen LogP contribution in [0.4, 0.5) is 5.13 Å². The van der Waals surface area contributed by atoms with Crippen LogP contribution in [0.1, 0.15) is 60.0 Å². The smallest absolute Gasteiger partial charge is 0.259 e. The van der Waals surface area contributed by atoms with Crippen molar-refractivity contribution in [2.75, 3.05) is 5.32 Å². The largest absolute Gasteiger partial charge is 0.313 e. The number of aryl methyl sites for hydroxylation is 3. The molecule has 0 aliphatic carbocycles. The number of carbonyl (C=O) groups excluding carboxylic acids is 1. The van der Waals surface area contributed by atoms with Crippen molar-refractivity contribution in [3.63, 3.8) is 0 Å². The van der Waals surface area contributed by atoms with E-state index in [1.807, 2.05) is 6.92 Å². The maximum atomic E-state index is 12.9. The second kappa shape index (κ2) is 7.34. The molecule has 0 bridgehead atoms. The van der Waals surface area contributed by atoms with Gasteiger partial charge in [0.25, 0.3) is 5.91 Å². The number of carbonyl (C=O) groups is 1. The topological polar surface area (TPSA) is 85.6 Å². The maximum Gasteiger partial charge on any atom is 0.259 e. The molecule has 7 nitrogen and oxygen atoms in total. The van der Waals surface area contributed by atoms with Crippen LogP contribution in [0.3, 0.4) is 0 Å². The Morgan fingerprint density at radius 1 is 1.26 bits per heavy atom. The number of nitrogens with zero attached hydrogens (tertiary/aromatic N) is 5. The molecular weight excluding hydrogens is 360 g/mol. The van der Waals surface area contributed by atoms with Crippen molar-refractivity contribution in [2.45, 2.75) is 59.4 Å². The van der Waals surface area contributed by atoms with Gasteiger partial charge in [-0.05, 0) is 31.7 Å². The first-order valence-electron chi connectivity index (χ1n) is 9.51. The van der Waals surface area contributed by atoms with Crippen molar-refractivity contribution < 1.29 is 4.79 Å². The second-order valence-electron chi connectivity index (χ2n) is 7.53. The minimum atomic E-state index is -0.203. The molecule has 1 amide bonds. The summed E-state index contributed by atoms with van der Waals surface area (Å²) in [6, 6.07) is 1.81. The molecule has 4 rings (SSSR count). The van der Waals surface area contributed by atoms with Crippen LogP contribution in [-0.4, -0.2) is 30.6 Å². The van der Waals surface area contributed by atoms with Crippen LogP contribution >= 0.6 is 11.3 Å². The van der Waals surface area contributed by atoms with E-state index < -0.39 is 0 Å². The summed E-state index contributed by atoms with van der Waals surface area (Å²) in [7, 11) is 0. The van der Waals surface area contributed by atoms with E-state index in [4.69, 9.17) is 4.98 Å². The summed E-state index contributed by atoms with van der Waals surface area (Å²) in [5.41, 5.74) is 2.87. The summed E-state index contributed by atoms with van der Waals surface area (Å²) in [6.07, 6.45) is 5.26. The fourth-order valence-corrected chi connectivity index (χ4v) is 4.44. The highest BCUT2D eigenvalue weighted by Gasteiger charge is 2.21. The van der Waals surface area contributed by atoms with Gasteiger partial charge in [0, 0.05) is 25.1 Å². The lowest BCUT2D eigenvalue weighted by Gasteiger charge is -2.06. The van der Waals surface area contributed by atoms with E-state index in [1.165, 1.54) is 17.8 Å². The summed E-state index contributed by atoms with van der Waals surface area (Å²) >= 11 is 1.43. The number of pyridine rings is 1. The fourth-order valence-electron chi connectivity index (χ4n) is 3.49. The predicted octanol–water partition coefficient (Wildman–Crippen LogP) is 3.77. The minimum Gasteiger partial charge on any atom is -0.313 e. The first kappa shape index (κ1) is 18.0. The Bertz CT molecular complexity index is 990. The van der Waals surface area contributed by atoms with E-state index in [2.05, 4.69) is 38.9 Å². The summed E-state index contributed by atoms with van der Waals surface area (Å²) in [5, 5.41) is 12.6. The monoisotopic (exact) mass is 384 g/mol. The van der Waals surface area contributed by atoms with Crippen LogP contribution in [0.25, 0.3) is 11.2 Å². The number of anilines is 1. The molecule has 3 aromatic rings. The maximum absolute atomic E-state index is 12.9. The highest BCUT2D eigenvalue weighted by Crippen LogP contribution is 2.25. The summed E-state index contributed by atoms with van der Waals surface area (Å²) in [4.78, 5) is 22.4. The van der Waals surface area contributed by atoms with E-state index in [0.717, 1.165) is 54.4 Å². The van der Waals surface area contributed by atoms with Gasteiger partial charge in [-0.3, -0.25) is 10.1 Å². The van der Waals surface area contributed by atoms with Crippen LogP contribution in [0, 0.1) is 12.8 Å². The summed E-state index contributed by atoms with van der Waals surface area (Å²) in [6.45, 7) is 7.11. The van der Waals surface area contributed by atoms with E-state index in [-0.39, 0.29) is 5.91 Å². The van der Waals surface area contributed by atoms with Gasteiger partial charge in [-0.2, -0.15) is 0 Å². The summed E-state index contributed by atoms with van der Waals surface area (Å²) < 4.78 is 2.18. The van der Waals surface area contributed by atoms with Crippen LogP contribution in [0.2, 0.25) is 0 Å². The SMILES string of the molecule is Cc1cc(C(=O)Nc2nnc(CC(C)C)s2)c2nc3n(c2n1)CCCCC3. The number of aromatic nitrogens is 5. The van der Waals surface area contributed by atoms with E-state index in [0.29, 0.717) is 22.1 Å². The lowest BCUT2D eigenvalue weighted by molar-refractivity contribution is 0.102. The molecule has 0 atom stereocenters. The molecule has 4 heterocycles. The fraction of sp³-hybridized carbons (Fsp3) is 0.526. The Hall–Kier alpha value is -2.35. The number of nitrogens with one attached hydrogen (secondary N) is 1. The predicted molar refractivity (Wildman–Crippen MR) is 106 cm³/mol. The molecule has 27 heavy (non-hydrogen) atoms. The lowest BCUT2D eigenvalue weighted by Crippen LogP contribution is -2.13. The Kier molecular flexibility index (Phi) is 4.90. The molecule has 0 saturated carbocycles. The van der Waals surface area contributed by atoms with Crippen LogP contribution in [-0.2, 0) is 19.4 Å². The molecule has 3 aromatic heterocycles.